The lowest BCUT2D eigenvalue weighted by Crippen LogP contribution is -2.51. The number of nitrogen functional groups attached to an aromatic ring is 1. The minimum absolute atomic E-state index is 0.00129. The number of nitrogens with zero attached hydrogens (tertiary/aromatic N) is 8. The molecule has 7 heterocycles. The van der Waals surface area contributed by atoms with Crippen LogP contribution in [0, 0.1) is 6.92 Å². The lowest BCUT2D eigenvalue weighted by Gasteiger charge is -2.40. The van der Waals surface area contributed by atoms with Crippen LogP contribution in [0.15, 0.2) is 85.3 Å². The second-order valence-electron chi connectivity index (χ2n) is 15.3. The van der Waals surface area contributed by atoms with Crippen molar-refractivity contribution in [3.63, 3.8) is 0 Å². The lowest BCUT2D eigenvalue weighted by molar-refractivity contribution is -0.204. The number of carbonyl (C=O) groups excluding carboxylic acids is 1. The molecule has 0 aliphatic carbocycles. The molecule has 4 aliphatic heterocycles. The Kier molecular flexibility index (Phi) is 10.0. The molecule has 2 unspecified atom stereocenters. The quantitative estimate of drug-likeness (QED) is 0.205. The standard InChI is InChI=1S/C43H50N10O5/c1-28-21-53(42-35(28)18-32(20-46-42)51-13-5-12-45-27-51)33-25-57-40(58-26-33)23-49-14-16-50(17-15-49)43(55)31-10-8-30(9-11-31)39-22-52(29(2)24-56-39)37-19-36(47-48-41(37)44)34-6-3-4-7-38(34)54/h3-11,13,18-21,29,33,39-40,45,54H,12,14-17,22-27H2,1-2H3,(H2,44,48)/t29-,33?,39+,40?/m1/s1/i12D,27D/t12?,27?,29-,33?,39+,40?. The van der Waals surface area contributed by atoms with Crippen LogP contribution in [-0.4, -0.2) is 125 Å². The number of carbonyl (C=O) groups is 1. The maximum Gasteiger partial charge on any atom is 0.253 e. The van der Waals surface area contributed by atoms with Crippen LogP contribution in [-0.2, 0) is 14.2 Å². The Bertz CT molecular complexity index is 2370. The maximum atomic E-state index is 13.6. The molecule has 3 saturated heterocycles. The van der Waals surface area contributed by atoms with Crippen molar-refractivity contribution >= 4 is 34.1 Å². The third-order valence-corrected chi connectivity index (χ3v) is 11.5. The molecule has 9 rings (SSSR count). The van der Waals surface area contributed by atoms with Crippen molar-refractivity contribution < 1.29 is 26.9 Å². The predicted molar refractivity (Wildman–Crippen MR) is 222 cm³/mol. The van der Waals surface area contributed by atoms with Crippen LogP contribution in [0.3, 0.4) is 0 Å². The van der Waals surface area contributed by atoms with Crippen molar-refractivity contribution in [2.45, 2.75) is 38.3 Å². The third-order valence-electron chi connectivity index (χ3n) is 11.5. The topological polar surface area (TPSA) is 160 Å². The summed E-state index contributed by atoms with van der Waals surface area (Å²) >= 11 is 0. The largest absolute Gasteiger partial charge is 0.507 e. The number of hydrogen-bond acceptors (Lipinski definition) is 13. The fraction of sp³-hybridized carbons (Fsp3) is 0.395. The summed E-state index contributed by atoms with van der Waals surface area (Å²) in [6, 6.07) is 18.6. The molecule has 0 radical (unpaired) electrons. The number of ether oxygens (including phenoxy) is 3. The van der Waals surface area contributed by atoms with E-state index in [1.54, 1.807) is 41.6 Å². The molecular weight excluding hydrogens is 737 g/mol. The summed E-state index contributed by atoms with van der Waals surface area (Å²) < 4.78 is 37.0. The van der Waals surface area contributed by atoms with Gasteiger partial charge in [0.15, 0.2) is 12.1 Å². The highest BCUT2D eigenvalue weighted by Gasteiger charge is 2.32. The molecule has 3 aromatic heterocycles. The second-order valence-corrected chi connectivity index (χ2v) is 15.3. The first-order chi connectivity index (χ1) is 29.1. The molecule has 302 valence electrons. The zero-order valence-corrected chi connectivity index (χ0v) is 32.6. The number of pyridine rings is 1. The molecule has 4 atom stereocenters. The Morgan fingerprint density at radius 1 is 1.02 bits per heavy atom. The number of para-hydroxylation sites is 1. The van der Waals surface area contributed by atoms with Crippen LogP contribution in [0.5, 0.6) is 5.75 Å². The minimum atomic E-state index is -0.758. The van der Waals surface area contributed by atoms with Crippen LogP contribution in [0.4, 0.5) is 17.2 Å². The van der Waals surface area contributed by atoms with Crippen LogP contribution >= 0.6 is 0 Å². The number of morpholine rings is 1. The van der Waals surface area contributed by atoms with E-state index in [-0.39, 0.29) is 36.1 Å². The number of amides is 1. The molecule has 0 bridgehead atoms. The monoisotopic (exact) mass is 788 g/mol. The number of aromatic nitrogens is 4. The summed E-state index contributed by atoms with van der Waals surface area (Å²) in [7, 11) is 0. The summed E-state index contributed by atoms with van der Waals surface area (Å²) in [5, 5.41) is 22.8. The average molecular weight is 789 g/mol. The zero-order chi connectivity index (χ0) is 41.5. The van der Waals surface area contributed by atoms with E-state index in [4.69, 9.17) is 27.7 Å². The van der Waals surface area contributed by atoms with Crippen LogP contribution in [0.25, 0.3) is 22.3 Å². The fourth-order valence-corrected chi connectivity index (χ4v) is 8.12. The van der Waals surface area contributed by atoms with Crippen LogP contribution < -0.4 is 20.9 Å². The Morgan fingerprint density at radius 3 is 2.59 bits per heavy atom. The number of aromatic hydroxyl groups is 1. The average Bonchev–Trinajstić information content (AvgIpc) is 3.60. The van der Waals surface area contributed by atoms with E-state index in [1.807, 2.05) is 47.4 Å². The number of phenolic OH excluding ortho intramolecular Hbond substituents is 1. The van der Waals surface area contributed by atoms with Crippen molar-refractivity contribution in [3.8, 4) is 17.0 Å². The minimum Gasteiger partial charge on any atom is -0.507 e. The van der Waals surface area contributed by atoms with Gasteiger partial charge in [0.2, 0.25) is 0 Å². The number of nitrogens with two attached hydrogens (primary N) is 1. The summed E-state index contributed by atoms with van der Waals surface area (Å²) in [6.45, 7) is 8.01. The number of phenols is 1. The van der Waals surface area contributed by atoms with Gasteiger partial charge in [0.05, 0.1) is 57.1 Å². The molecular formula is C43H50N10O5. The van der Waals surface area contributed by atoms with Gasteiger partial charge in [-0.1, -0.05) is 30.3 Å². The van der Waals surface area contributed by atoms with Gasteiger partial charge < -0.3 is 44.3 Å². The van der Waals surface area contributed by atoms with E-state index in [9.17, 15) is 9.90 Å². The SMILES string of the molecule is [2H]C1C=CN(c2cnc3c(c2)c(C)cn3C2COC(CN3CCN(C(=O)c4ccc([C@@H]5CN(c6cc(-c7ccccc7O)nnc6N)[C@H](C)CO5)cc4)CC3)OC2)C([2H])N1. The van der Waals surface area contributed by atoms with Gasteiger partial charge in [-0.25, -0.2) is 4.98 Å². The van der Waals surface area contributed by atoms with E-state index in [2.05, 4.69) is 49.9 Å². The fourth-order valence-electron chi connectivity index (χ4n) is 8.12. The number of fused-ring (bicyclic) bond motifs is 1. The van der Waals surface area contributed by atoms with E-state index >= 15 is 0 Å². The molecule has 58 heavy (non-hydrogen) atoms. The summed E-state index contributed by atoms with van der Waals surface area (Å²) in [5.74, 6) is 0.428. The normalized spacial score (nSPS) is 26.1. The van der Waals surface area contributed by atoms with E-state index in [0.29, 0.717) is 68.6 Å². The Balaban J connectivity index is 0.762. The number of piperazine rings is 1. The van der Waals surface area contributed by atoms with Crippen molar-refractivity contribution in [3.05, 3.63) is 102 Å². The third kappa shape index (κ3) is 7.71. The second kappa shape index (κ2) is 16.3. The molecule has 5 aromatic rings. The van der Waals surface area contributed by atoms with E-state index < -0.39 is 13.2 Å². The van der Waals surface area contributed by atoms with Gasteiger partial charge in [-0.15, -0.1) is 10.2 Å². The molecule has 0 saturated carbocycles. The molecule has 4 aliphatic rings. The van der Waals surface area contributed by atoms with Gasteiger partial charge in [0.1, 0.15) is 17.5 Å². The number of hydrogen-bond donors (Lipinski definition) is 3. The molecule has 15 nitrogen and oxygen atoms in total. The molecule has 2 aromatic carbocycles. The zero-order valence-electron chi connectivity index (χ0n) is 34.6. The molecule has 3 fully saturated rings. The number of nitrogens with one attached hydrogen (secondary N) is 1. The van der Waals surface area contributed by atoms with Crippen LogP contribution in [0.1, 0.15) is 43.3 Å². The summed E-state index contributed by atoms with van der Waals surface area (Å²) in [6.07, 6.45) is 6.70. The van der Waals surface area contributed by atoms with Gasteiger partial charge in [-0.3, -0.25) is 15.0 Å². The highest BCUT2D eigenvalue weighted by Crippen LogP contribution is 2.36. The number of aryl methyl sites for hydroxylation is 1. The van der Waals surface area contributed by atoms with E-state index in [1.165, 1.54) is 0 Å². The van der Waals surface area contributed by atoms with Crippen LogP contribution in [0.2, 0.25) is 0 Å². The maximum absolute atomic E-state index is 13.6. The van der Waals surface area contributed by atoms with Gasteiger partial charge in [0, 0.05) is 82.1 Å². The summed E-state index contributed by atoms with van der Waals surface area (Å²) in [4.78, 5) is 26.5. The van der Waals surface area contributed by atoms with Gasteiger partial charge >= 0.3 is 0 Å². The Morgan fingerprint density at radius 2 is 1.81 bits per heavy atom. The van der Waals surface area contributed by atoms with Gasteiger partial charge in [-0.05, 0) is 61.4 Å². The van der Waals surface area contributed by atoms with Crippen molar-refractivity contribution in [2.24, 2.45) is 0 Å². The smallest absolute Gasteiger partial charge is 0.253 e. The highest BCUT2D eigenvalue weighted by molar-refractivity contribution is 5.94. The molecule has 0 spiro atoms. The van der Waals surface area contributed by atoms with Gasteiger partial charge in [0.25, 0.3) is 5.91 Å². The molecule has 4 N–H and O–H groups in total. The highest BCUT2D eigenvalue weighted by atomic mass is 16.7. The molecule has 1 amide bonds. The van der Waals surface area contributed by atoms with Crippen molar-refractivity contribution in [1.82, 2.24) is 34.9 Å². The van der Waals surface area contributed by atoms with Crippen molar-refractivity contribution in [2.75, 3.05) is 87.8 Å². The lowest BCUT2D eigenvalue weighted by atomic mass is 10.0. The first-order valence-electron chi connectivity index (χ1n) is 20.9. The Hall–Kier alpha value is -5.58. The number of rotatable bonds is 8. The first kappa shape index (κ1) is 35.6. The first-order valence-corrected chi connectivity index (χ1v) is 19.8. The van der Waals surface area contributed by atoms with Gasteiger partial charge in [-0.2, -0.15) is 0 Å². The van der Waals surface area contributed by atoms with E-state index in [0.717, 1.165) is 46.6 Å². The molecule has 15 heteroatoms. The Labute approximate surface area is 340 Å². The predicted octanol–water partition coefficient (Wildman–Crippen LogP) is 4.31. The summed E-state index contributed by atoms with van der Waals surface area (Å²) in [5.41, 5.74) is 12.5. The number of benzene rings is 2. The van der Waals surface area contributed by atoms with Crippen molar-refractivity contribution in [1.29, 1.82) is 0 Å². The number of anilines is 3.